The van der Waals surface area contributed by atoms with Gasteiger partial charge in [-0.15, -0.1) is 0 Å². The lowest BCUT2D eigenvalue weighted by Crippen LogP contribution is -2.46. The van der Waals surface area contributed by atoms with E-state index in [1.165, 1.54) is 11.1 Å². The van der Waals surface area contributed by atoms with Gasteiger partial charge in [0.05, 0.1) is 17.6 Å². The van der Waals surface area contributed by atoms with Gasteiger partial charge in [0.25, 0.3) is 0 Å². The van der Waals surface area contributed by atoms with Gasteiger partial charge >= 0.3 is 0 Å². The van der Waals surface area contributed by atoms with Crippen LogP contribution in [0.3, 0.4) is 0 Å². The largest absolute Gasteiger partial charge is 0.384 e. The van der Waals surface area contributed by atoms with Crippen molar-refractivity contribution in [1.82, 2.24) is 14.5 Å². The Morgan fingerprint density at radius 2 is 1.83 bits per heavy atom. The zero-order valence-electron chi connectivity index (χ0n) is 18.0. The van der Waals surface area contributed by atoms with Crippen LogP contribution in [0.2, 0.25) is 0 Å². The summed E-state index contributed by atoms with van der Waals surface area (Å²) in [5.41, 5.74) is 12.4. The van der Waals surface area contributed by atoms with E-state index in [9.17, 15) is 0 Å². The summed E-state index contributed by atoms with van der Waals surface area (Å²) in [6.45, 7) is 8.75. The molecule has 1 aromatic heterocycles. The van der Waals surface area contributed by atoms with Gasteiger partial charge in [-0.05, 0) is 43.7 Å². The van der Waals surface area contributed by atoms with E-state index in [0.717, 1.165) is 60.9 Å². The maximum Gasteiger partial charge on any atom is 0.124 e. The number of piperazine rings is 1. The fourth-order valence-electron chi connectivity index (χ4n) is 4.14. The minimum atomic E-state index is 0.121. The number of hydrogen-bond acceptors (Lipinski definition) is 4. The summed E-state index contributed by atoms with van der Waals surface area (Å²) in [4.78, 5) is 9.62. The van der Waals surface area contributed by atoms with Crippen molar-refractivity contribution in [3.63, 3.8) is 0 Å². The lowest BCUT2D eigenvalue weighted by atomic mass is 10.0. The molecule has 6 heteroatoms. The van der Waals surface area contributed by atoms with E-state index >= 15 is 0 Å². The highest BCUT2D eigenvalue weighted by Gasteiger charge is 2.22. The molecule has 1 aliphatic heterocycles. The van der Waals surface area contributed by atoms with Crippen LogP contribution in [-0.4, -0.2) is 46.5 Å². The molecule has 2 aromatic carbocycles. The van der Waals surface area contributed by atoms with E-state index in [2.05, 4.69) is 65.6 Å². The molecule has 1 aliphatic rings. The summed E-state index contributed by atoms with van der Waals surface area (Å²) < 4.78 is 2.19. The van der Waals surface area contributed by atoms with Crippen molar-refractivity contribution < 1.29 is 0 Å². The second-order valence-corrected chi connectivity index (χ2v) is 8.25. The predicted octanol–water partition coefficient (Wildman–Crippen LogP) is 3.60. The van der Waals surface area contributed by atoms with Gasteiger partial charge in [-0.25, -0.2) is 4.98 Å². The number of nitrogens with one attached hydrogen (secondary N) is 1. The van der Waals surface area contributed by atoms with Gasteiger partial charge in [0.1, 0.15) is 11.7 Å². The summed E-state index contributed by atoms with van der Waals surface area (Å²) >= 11 is 0. The molecular formula is C24H30N6. The van der Waals surface area contributed by atoms with E-state index in [-0.39, 0.29) is 5.84 Å². The maximum atomic E-state index is 7.99. The van der Waals surface area contributed by atoms with Crippen LogP contribution in [0, 0.1) is 5.41 Å². The Balaban J connectivity index is 1.49. The van der Waals surface area contributed by atoms with Crippen LogP contribution in [0.25, 0.3) is 17.1 Å². The van der Waals surface area contributed by atoms with Crippen LogP contribution >= 0.6 is 0 Å². The van der Waals surface area contributed by atoms with Crippen LogP contribution < -0.4 is 10.6 Å². The molecule has 30 heavy (non-hydrogen) atoms. The summed E-state index contributed by atoms with van der Waals surface area (Å²) in [6, 6.07) is 14.4. The van der Waals surface area contributed by atoms with Crippen molar-refractivity contribution in [1.29, 1.82) is 5.41 Å². The first-order valence-corrected chi connectivity index (χ1v) is 10.4. The van der Waals surface area contributed by atoms with E-state index in [4.69, 9.17) is 16.1 Å². The minimum absolute atomic E-state index is 0.121. The molecule has 4 rings (SSSR count). The summed E-state index contributed by atoms with van der Waals surface area (Å²) in [5, 5.41) is 7.99. The molecule has 156 valence electrons. The highest BCUT2D eigenvalue weighted by Crippen LogP contribution is 2.25. The number of anilines is 1. The van der Waals surface area contributed by atoms with Gasteiger partial charge in [-0.3, -0.25) is 10.3 Å². The number of fused-ring (bicyclic) bond motifs is 1. The maximum absolute atomic E-state index is 7.99. The first-order valence-electron chi connectivity index (χ1n) is 10.4. The van der Waals surface area contributed by atoms with Gasteiger partial charge in [0, 0.05) is 44.5 Å². The van der Waals surface area contributed by atoms with E-state index in [1.54, 1.807) is 0 Å². The first kappa shape index (κ1) is 20.2. The quantitative estimate of drug-likeness (QED) is 0.505. The lowest BCUT2D eigenvalue weighted by Gasteiger charge is -2.36. The normalized spacial score (nSPS) is 14.8. The first-order chi connectivity index (χ1) is 14.4. The number of nitrogen functional groups attached to an aromatic ring is 1. The molecular weight excluding hydrogens is 372 g/mol. The van der Waals surface area contributed by atoms with Gasteiger partial charge in [0.15, 0.2) is 0 Å². The van der Waals surface area contributed by atoms with Crippen molar-refractivity contribution in [2.24, 2.45) is 12.8 Å². The molecule has 3 N–H and O–H groups in total. The number of rotatable bonds is 5. The number of aromatic nitrogens is 2. The number of aryl methyl sites for hydroxylation is 1. The molecule has 0 radical (unpaired) electrons. The molecule has 0 saturated carbocycles. The number of nitrogens with two attached hydrogens (primary N) is 1. The molecule has 0 amide bonds. The van der Waals surface area contributed by atoms with E-state index in [1.807, 2.05) is 18.2 Å². The van der Waals surface area contributed by atoms with Crippen molar-refractivity contribution >= 4 is 28.6 Å². The van der Waals surface area contributed by atoms with Crippen molar-refractivity contribution in [2.45, 2.75) is 20.4 Å². The number of amidine groups is 1. The smallest absolute Gasteiger partial charge is 0.124 e. The Morgan fingerprint density at radius 1 is 1.10 bits per heavy atom. The van der Waals surface area contributed by atoms with Gasteiger partial charge in [0.2, 0.25) is 0 Å². The zero-order chi connectivity index (χ0) is 21.3. The Kier molecular flexibility index (Phi) is 5.59. The highest BCUT2D eigenvalue weighted by molar-refractivity contribution is 6.01. The number of allylic oxidation sites excluding steroid dienone is 1. The molecule has 3 aromatic rings. The molecule has 0 bridgehead atoms. The van der Waals surface area contributed by atoms with Crippen molar-refractivity contribution in [3.05, 3.63) is 65.0 Å². The standard InChI is InChI=1S/C24H30N6/c1-17(2)14-18-8-9-19(24(25)26)22(15-18)30-12-10-29(11-13-30)16-23-27-20-6-4-5-7-21(20)28(23)3/h4-9,14-15H,10-13,16H2,1-3H3,(H3,25,26). The molecule has 0 unspecified atom stereocenters. The predicted molar refractivity (Wildman–Crippen MR) is 125 cm³/mol. The van der Waals surface area contributed by atoms with Crippen LogP contribution in [0.4, 0.5) is 5.69 Å². The monoisotopic (exact) mass is 402 g/mol. The second kappa shape index (κ2) is 8.32. The fraction of sp³-hybridized carbons (Fsp3) is 0.333. The topological polar surface area (TPSA) is 74.2 Å². The van der Waals surface area contributed by atoms with Crippen LogP contribution in [0.15, 0.2) is 48.0 Å². The summed E-state index contributed by atoms with van der Waals surface area (Å²) in [5.74, 6) is 1.22. The van der Waals surface area contributed by atoms with Gasteiger partial charge < -0.3 is 15.2 Å². The Hall–Kier alpha value is -3.12. The highest BCUT2D eigenvalue weighted by atomic mass is 15.3. The van der Waals surface area contributed by atoms with E-state index in [0.29, 0.717) is 0 Å². The Morgan fingerprint density at radius 3 is 2.50 bits per heavy atom. The number of imidazole rings is 1. The molecule has 6 nitrogen and oxygen atoms in total. The molecule has 0 spiro atoms. The minimum Gasteiger partial charge on any atom is -0.384 e. The summed E-state index contributed by atoms with van der Waals surface area (Å²) in [7, 11) is 2.09. The fourth-order valence-corrected chi connectivity index (χ4v) is 4.14. The third kappa shape index (κ3) is 4.09. The Bertz CT molecular complexity index is 1100. The number of para-hydroxylation sites is 2. The molecule has 1 saturated heterocycles. The average molecular weight is 403 g/mol. The second-order valence-electron chi connectivity index (χ2n) is 8.25. The molecule has 0 atom stereocenters. The molecule has 1 fully saturated rings. The van der Waals surface area contributed by atoms with Gasteiger partial charge in [-0.1, -0.05) is 29.8 Å². The third-order valence-electron chi connectivity index (χ3n) is 5.73. The number of hydrogen-bond donors (Lipinski definition) is 2. The molecule has 2 heterocycles. The van der Waals surface area contributed by atoms with Gasteiger partial charge in [-0.2, -0.15) is 0 Å². The van der Waals surface area contributed by atoms with Crippen LogP contribution in [0.5, 0.6) is 0 Å². The van der Waals surface area contributed by atoms with Crippen LogP contribution in [0.1, 0.15) is 30.8 Å². The van der Waals surface area contributed by atoms with E-state index < -0.39 is 0 Å². The Labute approximate surface area is 178 Å². The lowest BCUT2D eigenvalue weighted by molar-refractivity contribution is 0.242. The third-order valence-corrected chi connectivity index (χ3v) is 5.73. The number of nitrogens with zero attached hydrogens (tertiary/aromatic N) is 4. The van der Waals surface area contributed by atoms with Crippen molar-refractivity contribution in [2.75, 3.05) is 31.1 Å². The SMILES string of the molecule is CC(C)=Cc1ccc(C(=N)N)c(N2CCN(Cc3nc4ccccc4n3C)CC2)c1. The average Bonchev–Trinajstić information content (AvgIpc) is 3.03. The number of benzene rings is 2. The molecule has 0 aliphatic carbocycles. The zero-order valence-corrected chi connectivity index (χ0v) is 18.0. The summed E-state index contributed by atoms with van der Waals surface area (Å²) in [6.07, 6.45) is 2.16. The van der Waals surface area contributed by atoms with Crippen molar-refractivity contribution in [3.8, 4) is 0 Å². The van der Waals surface area contributed by atoms with Crippen LogP contribution in [-0.2, 0) is 13.6 Å².